The normalized spacial score (nSPS) is 24.9. The molecule has 0 spiro atoms. The first-order valence-corrected chi connectivity index (χ1v) is 11.1. The quantitative estimate of drug-likeness (QED) is 0.455. The van der Waals surface area contributed by atoms with Gasteiger partial charge in [0, 0.05) is 22.3 Å². The topological polar surface area (TPSA) is 24.7 Å². The third kappa shape index (κ3) is 3.37. The highest BCUT2D eigenvalue weighted by Crippen LogP contribution is 2.45. The molecule has 0 saturated heterocycles. The SMILES string of the molecule is CC1=Nc2cc(C)ccc2C1(C)CCCCCC1(C)C(C)=Nc2cc(C)ccc21. The molecule has 2 nitrogen and oxygen atoms in total. The number of rotatable bonds is 6. The van der Waals surface area contributed by atoms with Crippen molar-refractivity contribution in [2.24, 2.45) is 9.98 Å². The van der Waals surface area contributed by atoms with Crippen molar-refractivity contribution in [2.75, 3.05) is 0 Å². The van der Waals surface area contributed by atoms with E-state index in [9.17, 15) is 0 Å². The number of aliphatic imine (C=N–C) groups is 2. The van der Waals surface area contributed by atoms with E-state index in [2.05, 4.69) is 77.9 Å². The van der Waals surface area contributed by atoms with E-state index >= 15 is 0 Å². The lowest BCUT2D eigenvalue weighted by Crippen LogP contribution is -2.28. The van der Waals surface area contributed by atoms with E-state index in [1.807, 2.05) is 0 Å². The standard InChI is InChI=1S/C27H34N2/c1-18-10-12-22-24(16-18)28-20(3)26(22,5)14-8-7-9-15-27(6)21(4)29-25-17-19(2)11-13-23(25)27/h10-13,16-17H,7-9,14-15H2,1-6H3. The van der Waals surface area contributed by atoms with Gasteiger partial charge in [0.1, 0.15) is 0 Å². The zero-order chi connectivity index (χ0) is 20.8. The lowest BCUT2D eigenvalue weighted by atomic mass is 9.74. The van der Waals surface area contributed by atoms with Gasteiger partial charge in [-0.3, -0.25) is 9.98 Å². The summed E-state index contributed by atoms with van der Waals surface area (Å²) in [6, 6.07) is 13.5. The molecule has 2 aromatic rings. The molecule has 152 valence electrons. The molecule has 2 heterocycles. The van der Waals surface area contributed by atoms with Crippen LogP contribution in [-0.2, 0) is 10.8 Å². The number of fused-ring (bicyclic) bond motifs is 2. The van der Waals surface area contributed by atoms with Gasteiger partial charge in [-0.25, -0.2) is 0 Å². The monoisotopic (exact) mass is 386 g/mol. The van der Waals surface area contributed by atoms with Crippen LogP contribution in [0.4, 0.5) is 11.4 Å². The molecular formula is C27H34N2. The maximum atomic E-state index is 4.88. The van der Waals surface area contributed by atoms with Crippen LogP contribution in [0, 0.1) is 13.8 Å². The zero-order valence-electron chi connectivity index (χ0n) is 18.9. The van der Waals surface area contributed by atoms with Gasteiger partial charge in [0.15, 0.2) is 0 Å². The second-order valence-corrected chi connectivity index (χ2v) is 9.66. The van der Waals surface area contributed by atoms with Gasteiger partial charge in [-0.2, -0.15) is 0 Å². The summed E-state index contributed by atoms with van der Waals surface area (Å²) in [5.41, 5.74) is 10.5. The summed E-state index contributed by atoms with van der Waals surface area (Å²) in [6.07, 6.45) is 6.09. The molecule has 2 aliphatic rings. The highest BCUT2D eigenvalue weighted by molar-refractivity contribution is 6.00. The molecule has 2 aromatic carbocycles. The second-order valence-electron chi connectivity index (χ2n) is 9.66. The number of unbranched alkanes of at least 4 members (excludes halogenated alkanes) is 2. The minimum Gasteiger partial charge on any atom is -0.257 e. The summed E-state index contributed by atoms with van der Waals surface area (Å²) < 4.78 is 0. The molecule has 0 aliphatic carbocycles. The average molecular weight is 387 g/mol. The van der Waals surface area contributed by atoms with Crippen LogP contribution in [-0.4, -0.2) is 11.4 Å². The Kier molecular flexibility index (Phi) is 5.01. The van der Waals surface area contributed by atoms with Crippen LogP contribution in [0.2, 0.25) is 0 Å². The average Bonchev–Trinajstić information content (AvgIpc) is 3.05. The van der Waals surface area contributed by atoms with E-state index in [4.69, 9.17) is 9.98 Å². The third-order valence-corrected chi connectivity index (χ3v) is 7.52. The Morgan fingerprint density at radius 3 is 1.45 bits per heavy atom. The fourth-order valence-corrected chi connectivity index (χ4v) is 5.16. The van der Waals surface area contributed by atoms with Gasteiger partial charge in [0.05, 0.1) is 11.4 Å². The maximum Gasteiger partial charge on any atom is 0.0673 e. The third-order valence-electron chi connectivity index (χ3n) is 7.52. The molecule has 2 aliphatic heterocycles. The Labute approximate surface area is 176 Å². The summed E-state index contributed by atoms with van der Waals surface area (Å²) in [6.45, 7) is 13.5. The van der Waals surface area contributed by atoms with Crippen molar-refractivity contribution in [3.8, 4) is 0 Å². The van der Waals surface area contributed by atoms with E-state index in [1.54, 1.807) is 0 Å². The van der Waals surface area contributed by atoms with E-state index in [-0.39, 0.29) is 10.8 Å². The summed E-state index contributed by atoms with van der Waals surface area (Å²) in [4.78, 5) is 9.76. The molecule has 0 amide bonds. The lowest BCUT2D eigenvalue weighted by Gasteiger charge is -2.28. The molecule has 2 unspecified atom stereocenters. The summed E-state index contributed by atoms with van der Waals surface area (Å²) in [5.74, 6) is 0. The number of hydrogen-bond acceptors (Lipinski definition) is 2. The van der Waals surface area contributed by atoms with Gasteiger partial charge in [0.2, 0.25) is 0 Å². The first-order chi connectivity index (χ1) is 13.7. The van der Waals surface area contributed by atoms with Crippen molar-refractivity contribution in [3.63, 3.8) is 0 Å². The molecule has 2 heteroatoms. The number of aryl methyl sites for hydroxylation is 2. The van der Waals surface area contributed by atoms with Crippen molar-refractivity contribution in [2.45, 2.75) is 84.5 Å². The van der Waals surface area contributed by atoms with Crippen LogP contribution in [0.5, 0.6) is 0 Å². The predicted octanol–water partition coefficient (Wildman–Crippen LogP) is 7.68. The van der Waals surface area contributed by atoms with Gasteiger partial charge < -0.3 is 0 Å². The first kappa shape index (κ1) is 20.1. The van der Waals surface area contributed by atoms with Crippen molar-refractivity contribution in [1.29, 1.82) is 0 Å². The molecule has 0 aromatic heterocycles. The first-order valence-electron chi connectivity index (χ1n) is 11.1. The number of benzene rings is 2. The minimum atomic E-state index is 0.0990. The minimum absolute atomic E-state index is 0.0990. The van der Waals surface area contributed by atoms with Crippen LogP contribution in [0.1, 0.15) is 82.1 Å². The largest absolute Gasteiger partial charge is 0.257 e. The highest BCUT2D eigenvalue weighted by Gasteiger charge is 2.37. The van der Waals surface area contributed by atoms with Crippen LogP contribution < -0.4 is 0 Å². The van der Waals surface area contributed by atoms with Gasteiger partial charge in [-0.05, 0) is 74.9 Å². The summed E-state index contributed by atoms with van der Waals surface area (Å²) in [7, 11) is 0. The molecule has 0 N–H and O–H groups in total. The van der Waals surface area contributed by atoms with Crippen LogP contribution in [0.15, 0.2) is 46.4 Å². The second kappa shape index (κ2) is 7.23. The van der Waals surface area contributed by atoms with Crippen molar-refractivity contribution in [1.82, 2.24) is 0 Å². The molecule has 0 fully saturated rings. The highest BCUT2D eigenvalue weighted by atomic mass is 14.8. The maximum absolute atomic E-state index is 4.88. The molecular weight excluding hydrogens is 352 g/mol. The van der Waals surface area contributed by atoms with Gasteiger partial charge in [-0.1, -0.05) is 57.4 Å². The van der Waals surface area contributed by atoms with E-state index in [0.717, 1.165) is 0 Å². The fourth-order valence-electron chi connectivity index (χ4n) is 5.16. The molecule has 29 heavy (non-hydrogen) atoms. The Morgan fingerprint density at radius 1 is 0.621 bits per heavy atom. The van der Waals surface area contributed by atoms with E-state index in [0.29, 0.717) is 0 Å². The zero-order valence-corrected chi connectivity index (χ0v) is 18.9. The van der Waals surface area contributed by atoms with Gasteiger partial charge in [-0.15, -0.1) is 0 Å². The lowest BCUT2D eigenvalue weighted by molar-refractivity contribution is 0.485. The number of hydrogen-bond donors (Lipinski definition) is 0. The Bertz CT molecular complexity index is 932. The Hall–Kier alpha value is -2.22. The van der Waals surface area contributed by atoms with E-state index in [1.165, 1.54) is 77.2 Å². The Morgan fingerprint density at radius 2 is 1.03 bits per heavy atom. The van der Waals surface area contributed by atoms with Crippen molar-refractivity contribution in [3.05, 3.63) is 58.7 Å². The predicted molar refractivity (Wildman–Crippen MR) is 126 cm³/mol. The molecule has 2 atom stereocenters. The molecule has 0 bridgehead atoms. The summed E-state index contributed by atoms with van der Waals surface area (Å²) >= 11 is 0. The fraction of sp³-hybridized carbons (Fsp3) is 0.481. The van der Waals surface area contributed by atoms with Crippen LogP contribution in [0.3, 0.4) is 0 Å². The van der Waals surface area contributed by atoms with Crippen molar-refractivity contribution < 1.29 is 0 Å². The summed E-state index contributed by atoms with van der Waals surface area (Å²) in [5, 5.41) is 0. The van der Waals surface area contributed by atoms with E-state index < -0.39 is 0 Å². The van der Waals surface area contributed by atoms with Gasteiger partial charge >= 0.3 is 0 Å². The van der Waals surface area contributed by atoms with Crippen LogP contribution in [0.25, 0.3) is 0 Å². The number of nitrogens with zero attached hydrogens (tertiary/aromatic N) is 2. The molecule has 4 rings (SSSR count). The smallest absolute Gasteiger partial charge is 0.0673 e. The molecule has 0 radical (unpaired) electrons. The van der Waals surface area contributed by atoms with Gasteiger partial charge in [0.25, 0.3) is 0 Å². The Balaban J connectivity index is 1.37. The van der Waals surface area contributed by atoms with Crippen molar-refractivity contribution >= 4 is 22.8 Å². The molecule has 0 saturated carbocycles. The van der Waals surface area contributed by atoms with Crippen LogP contribution >= 0.6 is 0 Å².